The molecule has 33 heavy (non-hydrogen) atoms. The molecule has 2 atom stereocenters. The highest BCUT2D eigenvalue weighted by atomic mass is 16.5. The van der Waals surface area contributed by atoms with Gasteiger partial charge in [0, 0.05) is 19.0 Å². The minimum absolute atomic E-state index is 0.0517. The lowest BCUT2D eigenvalue weighted by Crippen LogP contribution is -2.49. The molecule has 2 aromatic carbocycles. The fraction of sp³-hybridized carbons (Fsp3) is 0.462. The Hall–Kier alpha value is -3.22. The van der Waals surface area contributed by atoms with Crippen molar-refractivity contribution in [3.63, 3.8) is 0 Å². The summed E-state index contributed by atoms with van der Waals surface area (Å²) in [6.45, 7) is 6.49. The van der Waals surface area contributed by atoms with Crippen LogP contribution in [0.15, 0.2) is 48.5 Å². The molecule has 1 N–H and O–H groups in total. The number of hydrogen-bond donors (Lipinski definition) is 1. The van der Waals surface area contributed by atoms with Gasteiger partial charge in [0.25, 0.3) is 0 Å². The summed E-state index contributed by atoms with van der Waals surface area (Å²) in [6, 6.07) is 14.3. The van der Waals surface area contributed by atoms with E-state index in [0.717, 1.165) is 29.2 Å². The lowest BCUT2D eigenvalue weighted by molar-refractivity contribution is -0.141. The van der Waals surface area contributed by atoms with E-state index in [0.29, 0.717) is 19.6 Å². The molecule has 0 spiro atoms. The lowest BCUT2D eigenvalue weighted by atomic mass is 10.1. The van der Waals surface area contributed by atoms with Crippen LogP contribution in [0, 0.1) is 0 Å². The molecule has 7 nitrogen and oxygen atoms in total. The zero-order chi connectivity index (χ0) is 24.2. The van der Waals surface area contributed by atoms with Gasteiger partial charge in [-0.2, -0.15) is 0 Å². The van der Waals surface area contributed by atoms with Crippen molar-refractivity contribution in [3.8, 4) is 17.2 Å². The van der Waals surface area contributed by atoms with Crippen LogP contribution in [0.1, 0.15) is 45.6 Å². The number of carbonyl (C=O) groups is 2. The summed E-state index contributed by atoms with van der Waals surface area (Å²) < 4.78 is 16.1. The zero-order valence-corrected chi connectivity index (χ0v) is 20.3. The first kappa shape index (κ1) is 26.0. The monoisotopic (exact) mass is 456 g/mol. The molecule has 0 heterocycles. The van der Waals surface area contributed by atoms with Crippen molar-refractivity contribution in [2.24, 2.45) is 0 Å². The average Bonchev–Trinajstić information content (AvgIpc) is 2.85. The number of nitrogens with one attached hydrogen (secondary N) is 1. The van der Waals surface area contributed by atoms with Crippen molar-refractivity contribution in [2.45, 2.75) is 58.7 Å². The maximum absolute atomic E-state index is 13.1. The molecule has 180 valence electrons. The number of carbonyl (C=O) groups excluding carboxylic acids is 2. The summed E-state index contributed by atoms with van der Waals surface area (Å²) in [5, 5.41) is 2.98. The molecule has 0 fully saturated rings. The molecule has 0 radical (unpaired) electrons. The second-order valence-corrected chi connectivity index (χ2v) is 7.99. The van der Waals surface area contributed by atoms with Gasteiger partial charge < -0.3 is 24.4 Å². The molecule has 0 unspecified atom stereocenters. The van der Waals surface area contributed by atoms with E-state index in [1.807, 2.05) is 62.4 Å². The van der Waals surface area contributed by atoms with Gasteiger partial charge in [-0.05, 0) is 68.7 Å². The Morgan fingerprint density at radius 3 is 2.00 bits per heavy atom. The molecule has 0 aliphatic heterocycles. The number of ether oxygens (including phenoxy) is 3. The van der Waals surface area contributed by atoms with Gasteiger partial charge in [0.1, 0.15) is 23.3 Å². The van der Waals surface area contributed by atoms with Crippen LogP contribution in [-0.2, 0) is 16.1 Å². The molecule has 0 saturated heterocycles. The average molecular weight is 457 g/mol. The topological polar surface area (TPSA) is 77.1 Å². The molecule has 0 aromatic heterocycles. The Balaban J connectivity index is 2.00. The number of nitrogens with zero attached hydrogens (tertiary/aromatic N) is 1. The van der Waals surface area contributed by atoms with E-state index in [-0.39, 0.29) is 24.3 Å². The predicted octanol–water partition coefficient (Wildman–Crippen LogP) is 4.19. The second kappa shape index (κ2) is 13.4. The van der Waals surface area contributed by atoms with Crippen molar-refractivity contribution < 1.29 is 23.8 Å². The first-order chi connectivity index (χ1) is 15.9. The Labute approximate surface area is 197 Å². The Kier molecular flexibility index (Phi) is 10.5. The van der Waals surface area contributed by atoms with Gasteiger partial charge in [-0.1, -0.05) is 19.1 Å². The number of amides is 2. The Bertz CT molecular complexity index is 867. The van der Waals surface area contributed by atoms with Crippen LogP contribution < -0.4 is 19.5 Å². The van der Waals surface area contributed by atoms with Gasteiger partial charge in [0.05, 0.1) is 20.8 Å². The van der Waals surface area contributed by atoms with Crippen LogP contribution in [0.25, 0.3) is 0 Å². The highest BCUT2D eigenvalue weighted by Gasteiger charge is 2.26. The van der Waals surface area contributed by atoms with Crippen molar-refractivity contribution >= 4 is 11.8 Å². The normalized spacial score (nSPS) is 12.4. The first-order valence-electron chi connectivity index (χ1n) is 11.4. The van der Waals surface area contributed by atoms with Crippen molar-refractivity contribution in [1.82, 2.24) is 10.2 Å². The third-order valence-corrected chi connectivity index (χ3v) is 5.54. The van der Waals surface area contributed by atoms with Crippen LogP contribution in [-0.4, -0.2) is 49.6 Å². The Morgan fingerprint density at radius 1 is 0.909 bits per heavy atom. The maximum Gasteiger partial charge on any atom is 0.242 e. The number of methoxy groups -OCH3 is 2. The molecule has 7 heteroatoms. The van der Waals surface area contributed by atoms with Crippen LogP contribution in [0.5, 0.6) is 17.2 Å². The number of rotatable bonds is 13. The molecular formula is C26H36N2O5. The van der Waals surface area contributed by atoms with E-state index >= 15 is 0 Å². The summed E-state index contributed by atoms with van der Waals surface area (Å²) in [6.07, 6.45) is 1.66. The van der Waals surface area contributed by atoms with Crippen molar-refractivity contribution in [1.29, 1.82) is 0 Å². The van der Waals surface area contributed by atoms with Gasteiger partial charge in [0.2, 0.25) is 11.8 Å². The number of benzene rings is 2. The van der Waals surface area contributed by atoms with Gasteiger partial charge in [-0.15, -0.1) is 0 Å². The van der Waals surface area contributed by atoms with Gasteiger partial charge in [-0.3, -0.25) is 9.59 Å². The molecule has 0 saturated carbocycles. The Morgan fingerprint density at radius 2 is 1.45 bits per heavy atom. The second-order valence-electron chi connectivity index (χ2n) is 7.99. The van der Waals surface area contributed by atoms with E-state index in [4.69, 9.17) is 14.2 Å². The molecule has 0 aliphatic rings. The minimum atomic E-state index is -0.587. The molecule has 2 rings (SSSR count). The maximum atomic E-state index is 13.1. The quantitative estimate of drug-likeness (QED) is 0.457. The summed E-state index contributed by atoms with van der Waals surface area (Å²) in [4.78, 5) is 27.5. The number of hydrogen-bond acceptors (Lipinski definition) is 5. The fourth-order valence-corrected chi connectivity index (χ4v) is 3.20. The summed E-state index contributed by atoms with van der Waals surface area (Å²) in [7, 11) is 3.23. The molecular weight excluding hydrogens is 420 g/mol. The van der Waals surface area contributed by atoms with Crippen LogP contribution in [0.3, 0.4) is 0 Å². The highest BCUT2D eigenvalue weighted by molar-refractivity contribution is 5.87. The molecule has 2 amide bonds. The third-order valence-electron chi connectivity index (χ3n) is 5.54. The van der Waals surface area contributed by atoms with Crippen LogP contribution in [0.4, 0.5) is 0 Å². The van der Waals surface area contributed by atoms with Crippen LogP contribution in [0.2, 0.25) is 0 Å². The summed E-state index contributed by atoms with van der Waals surface area (Å²) in [5.74, 6) is 1.99. The lowest BCUT2D eigenvalue weighted by Gasteiger charge is -2.30. The zero-order valence-electron chi connectivity index (χ0n) is 20.3. The summed E-state index contributed by atoms with van der Waals surface area (Å²) >= 11 is 0. The van der Waals surface area contributed by atoms with E-state index in [1.165, 1.54) is 0 Å². The third kappa shape index (κ3) is 8.33. The van der Waals surface area contributed by atoms with Gasteiger partial charge >= 0.3 is 0 Å². The molecule has 2 aromatic rings. The van der Waals surface area contributed by atoms with E-state index < -0.39 is 6.04 Å². The molecule has 0 aliphatic carbocycles. The van der Waals surface area contributed by atoms with Crippen molar-refractivity contribution in [3.05, 3.63) is 54.1 Å². The van der Waals surface area contributed by atoms with Gasteiger partial charge in [-0.25, -0.2) is 0 Å². The fourth-order valence-electron chi connectivity index (χ4n) is 3.20. The highest BCUT2D eigenvalue weighted by Crippen LogP contribution is 2.18. The largest absolute Gasteiger partial charge is 0.497 e. The smallest absolute Gasteiger partial charge is 0.242 e. The van der Waals surface area contributed by atoms with E-state index in [9.17, 15) is 9.59 Å². The first-order valence-corrected chi connectivity index (χ1v) is 11.4. The molecule has 0 bridgehead atoms. The SMILES string of the molecule is CC[C@@H](C)NC(=O)[C@@H](C)N(Cc1ccc(OC)cc1)C(=O)CCCOc1ccc(OC)cc1. The van der Waals surface area contributed by atoms with Gasteiger partial charge in [0.15, 0.2) is 0 Å². The predicted molar refractivity (Wildman–Crippen MR) is 129 cm³/mol. The minimum Gasteiger partial charge on any atom is -0.497 e. The standard InChI is InChI=1S/C26H36N2O5/c1-6-19(2)27-26(30)20(3)28(18-21-9-11-22(31-4)12-10-21)25(29)8-7-17-33-24-15-13-23(32-5)14-16-24/h9-16,19-20H,6-8,17-18H2,1-5H3,(H,27,30)/t19-,20-/m1/s1. The van der Waals surface area contributed by atoms with Crippen molar-refractivity contribution in [2.75, 3.05) is 20.8 Å². The van der Waals surface area contributed by atoms with E-state index in [1.54, 1.807) is 26.0 Å². The van der Waals surface area contributed by atoms with E-state index in [2.05, 4.69) is 5.32 Å². The summed E-state index contributed by atoms with van der Waals surface area (Å²) in [5.41, 5.74) is 0.932. The van der Waals surface area contributed by atoms with Crippen LogP contribution >= 0.6 is 0 Å².